The number of pyridine rings is 1. The van der Waals surface area contributed by atoms with E-state index < -0.39 is 6.36 Å². The van der Waals surface area contributed by atoms with E-state index in [4.69, 9.17) is 4.74 Å². The molecular weight excluding hydrogens is 429 g/mol. The zero-order valence-corrected chi connectivity index (χ0v) is 17.1. The molecule has 2 heterocycles. The van der Waals surface area contributed by atoms with Crippen molar-refractivity contribution in [3.8, 4) is 39.5 Å². The van der Waals surface area contributed by atoms with E-state index in [2.05, 4.69) is 14.7 Å². The molecule has 0 radical (unpaired) electrons. The molecule has 7 heteroatoms. The number of aromatic amines is 1. The first-order valence-electron chi connectivity index (χ1n) is 10.1. The minimum atomic E-state index is -4.73. The van der Waals surface area contributed by atoms with E-state index in [1.165, 1.54) is 12.1 Å². The number of nitrogens with zero attached hydrogens (tertiary/aromatic N) is 1. The van der Waals surface area contributed by atoms with Gasteiger partial charge in [-0.3, -0.25) is 0 Å². The molecule has 164 valence electrons. The number of hydrogen-bond donors (Lipinski definition) is 1. The van der Waals surface area contributed by atoms with Gasteiger partial charge in [0, 0.05) is 34.5 Å². The summed E-state index contributed by atoms with van der Waals surface area (Å²) in [7, 11) is 0. The number of aromatic nitrogens is 2. The second kappa shape index (κ2) is 8.35. The molecule has 0 bridgehead atoms. The van der Waals surface area contributed by atoms with Crippen molar-refractivity contribution in [2.75, 3.05) is 0 Å². The standard InChI is InChI=1S/C26H17F3N2O2/c27-26(28,29)33-20-12-10-17(11-13-20)23-16-31-25-22(23)14-18(15-30-25)21-8-4-5-9-24(21)32-19-6-2-1-3-7-19/h1-16H,(H,30,31). The number of H-pyrrole nitrogens is 1. The highest BCUT2D eigenvalue weighted by Crippen LogP contribution is 2.36. The van der Waals surface area contributed by atoms with Crippen LogP contribution in [0.15, 0.2) is 97.3 Å². The topological polar surface area (TPSA) is 47.1 Å². The number of halogens is 3. The number of para-hydroxylation sites is 2. The molecular formula is C26H17F3N2O2. The van der Waals surface area contributed by atoms with Crippen LogP contribution in [0, 0.1) is 0 Å². The van der Waals surface area contributed by atoms with Gasteiger partial charge in [-0.2, -0.15) is 0 Å². The van der Waals surface area contributed by atoms with Crippen molar-refractivity contribution in [2.45, 2.75) is 6.36 Å². The van der Waals surface area contributed by atoms with Crippen LogP contribution < -0.4 is 9.47 Å². The van der Waals surface area contributed by atoms with Crippen LogP contribution in [-0.2, 0) is 0 Å². The van der Waals surface area contributed by atoms with Gasteiger partial charge in [-0.05, 0) is 42.0 Å². The van der Waals surface area contributed by atoms with Gasteiger partial charge in [0.05, 0.1) is 0 Å². The van der Waals surface area contributed by atoms with Crippen molar-refractivity contribution < 1.29 is 22.6 Å². The normalized spacial score (nSPS) is 11.5. The number of alkyl halides is 3. The average Bonchev–Trinajstić information content (AvgIpc) is 3.23. The lowest BCUT2D eigenvalue weighted by Crippen LogP contribution is -2.16. The lowest BCUT2D eigenvalue weighted by Gasteiger charge is -2.11. The highest BCUT2D eigenvalue weighted by molar-refractivity contribution is 5.96. The van der Waals surface area contributed by atoms with E-state index in [9.17, 15) is 13.2 Å². The number of ether oxygens (including phenoxy) is 2. The fourth-order valence-electron chi connectivity index (χ4n) is 3.64. The van der Waals surface area contributed by atoms with E-state index >= 15 is 0 Å². The SMILES string of the molecule is FC(F)(F)Oc1ccc(-c2c[nH]c3ncc(-c4ccccc4Oc4ccccc4)cc23)cc1. The van der Waals surface area contributed by atoms with Crippen molar-refractivity contribution >= 4 is 11.0 Å². The van der Waals surface area contributed by atoms with Crippen molar-refractivity contribution in [1.82, 2.24) is 9.97 Å². The van der Waals surface area contributed by atoms with Crippen LogP contribution in [0.25, 0.3) is 33.3 Å². The Kier molecular flexibility index (Phi) is 5.22. The third kappa shape index (κ3) is 4.52. The molecule has 4 nitrogen and oxygen atoms in total. The van der Waals surface area contributed by atoms with Crippen molar-refractivity contribution in [3.05, 3.63) is 97.3 Å². The molecule has 5 aromatic rings. The van der Waals surface area contributed by atoms with Gasteiger partial charge in [-0.25, -0.2) is 4.98 Å². The lowest BCUT2D eigenvalue weighted by molar-refractivity contribution is -0.274. The van der Waals surface area contributed by atoms with Crippen molar-refractivity contribution in [2.24, 2.45) is 0 Å². The molecule has 1 N–H and O–H groups in total. The first kappa shape index (κ1) is 20.6. The minimum absolute atomic E-state index is 0.267. The predicted molar refractivity (Wildman–Crippen MR) is 120 cm³/mol. The van der Waals surface area contributed by atoms with Gasteiger partial charge >= 0.3 is 6.36 Å². The van der Waals surface area contributed by atoms with Gasteiger partial charge in [0.25, 0.3) is 0 Å². The second-order valence-electron chi connectivity index (χ2n) is 7.31. The summed E-state index contributed by atoms with van der Waals surface area (Å²) in [6, 6.07) is 24.9. The molecule has 0 spiro atoms. The first-order valence-corrected chi connectivity index (χ1v) is 10.1. The molecule has 0 saturated heterocycles. The Morgan fingerprint density at radius 1 is 0.727 bits per heavy atom. The third-order valence-electron chi connectivity index (χ3n) is 5.10. The van der Waals surface area contributed by atoms with E-state index in [1.54, 1.807) is 24.5 Å². The Hall–Kier alpha value is -4.26. The Bertz CT molecular complexity index is 1400. The molecule has 0 aliphatic rings. The van der Waals surface area contributed by atoms with Crippen LogP contribution in [-0.4, -0.2) is 16.3 Å². The van der Waals surface area contributed by atoms with Crippen LogP contribution in [0.4, 0.5) is 13.2 Å². The number of nitrogens with one attached hydrogen (secondary N) is 1. The van der Waals surface area contributed by atoms with E-state index in [-0.39, 0.29) is 5.75 Å². The van der Waals surface area contributed by atoms with Gasteiger partial charge in [0.1, 0.15) is 22.9 Å². The molecule has 2 aromatic heterocycles. The van der Waals surface area contributed by atoms with Crippen LogP contribution >= 0.6 is 0 Å². The van der Waals surface area contributed by atoms with Crippen LogP contribution in [0.3, 0.4) is 0 Å². The fourth-order valence-corrected chi connectivity index (χ4v) is 3.64. The van der Waals surface area contributed by atoms with Crippen molar-refractivity contribution in [3.63, 3.8) is 0 Å². The summed E-state index contributed by atoms with van der Waals surface area (Å²) in [6.07, 6.45) is -1.18. The summed E-state index contributed by atoms with van der Waals surface area (Å²) in [4.78, 5) is 7.65. The van der Waals surface area contributed by atoms with Gasteiger partial charge in [0.15, 0.2) is 0 Å². The van der Waals surface area contributed by atoms with E-state index in [1.807, 2.05) is 60.7 Å². The zero-order chi connectivity index (χ0) is 22.8. The quantitative estimate of drug-likeness (QED) is 0.303. The van der Waals surface area contributed by atoms with Gasteiger partial charge < -0.3 is 14.5 Å². The van der Waals surface area contributed by atoms with Crippen molar-refractivity contribution in [1.29, 1.82) is 0 Å². The molecule has 0 amide bonds. The maximum atomic E-state index is 12.5. The molecule has 5 rings (SSSR count). The highest BCUT2D eigenvalue weighted by Gasteiger charge is 2.31. The molecule has 33 heavy (non-hydrogen) atoms. The van der Waals surface area contributed by atoms with E-state index in [0.717, 1.165) is 33.4 Å². The maximum Gasteiger partial charge on any atom is 0.573 e. The monoisotopic (exact) mass is 446 g/mol. The Morgan fingerprint density at radius 2 is 1.45 bits per heavy atom. The summed E-state index contributed by atoms with van der Waals surface area (Å²) >= 11 is 0. The average molecular weight is 446 g/mol. The maximum absolute atomic E-state index is 12.5. The smallest absolute Gasteiger partial charge is 0.457 e. The number of fused-ring (bicyclic) bond motifs is 1. The lowest BCUT2D eigenvalue weighted by atomic mass is 10.0. The Balaban J connectivity index is 1.51. The third-order valence-corrected chi connectivity index (χ3v) is 5.10. The summed E-state index contributed by atoms with van der Waals surface area (Å²) < 4.78 is 47.4. The second-order valence-corrected chi connectivity index (χ2v) is 7.31. The first-order chi connectivity index (χ1) is 16.0. The molecule has 0 saturated carbocycles. The summed E-state index contributed by atoms with van der Waals surface area (Å²) in [5.41, 5.74) is 3.96. The Labute approximate surface area is 187 Å². The molecule has 0 aliphatic heterocycles. The highest BCUT2D eigenvalue weighted by atomic mass is 19.4. The molecule has 0 aliphatic carbocycles. The van der Waals surface area contributed by atoms with Crippen LogP contribution in [0.1, 0.15) is 0 Å². The zero-order valence-electron chi connectivity index (χ0n) is 17.1. The molecule has 0 unspecified atom stereocenters. The largest absolute Gasteiger partial charge is 0.573 e. The summed E-state index contributed by atoms with van der Waals surface area (Å²) in [6.45, 7) is 0. The predicted octanol–water partition coefficient (Wildman–Crippen LogP) is 7.59. The summed E-state index contributed by atoms with van der Waals surface area (Å²) in [5, 5.41) is 0.839. The fraction of sp³-hybridized carbons (Fsp3) is 0.0385. The van der Waals surface area contributed by atoms with E-state index in [0.29, 0.717) is 11.4 Å². The molecule has 3 aromatic carbocycles. The number of hydrogen-bond acceptors (Lipinski definition) is 3. The minimum Gasteiger partial charge on any atom is -0.457 e. The summed E-state index contributed by atoms with van der Waals surface area (Å²) in [5.74, 6) is 1.15. The number of benzene rings is 3. The van der Waals surface area contributed by atoms with Crippen LogP contribution in [0.5, 0.6) is 17.2 Å². The Morgan fingerprint density at radius 3 is 2.21 bits per heavy atom. The molecule has 0 atom stereocenters. The number of rotatable bonds is 5. The van der Waals surface area contributed by atoms with Gasteiger partial charge in [-0.1, -0.05) is 48.5 Å². The van der Waals surface area contributed by atoms with Gasteiger partial charge in [-0.15, -0.1) is 13.2 Å². The molecule has 0 fully saturated rings. The van der Waals surface area contributed by atoms with Crippen LogP contribution in [0.2, 0.25) is 0 Å². The van der Waals surface area contributed by atoms with Gasteiger partial charge in [0.2, 0.25) is 0 Å².